The summed E-state index contributed by atoms with van der Waals surface area (Å²) in [5.74, 6) is 0.662. The Bertz CT molecular complexity index is 509. The number of hydrogen-bond acceptors (Lipinski definition) is 2. The second-order valence-electron chi connectivity index (χ2n) is 4.38. The molecule has 2 N–H and O–H groups in total. The first-order valence-electron chi connectivity index (χ1n) is 5.48. The van der Waals surface area contributed by atoms with E-state index in [2.05, 4.69) is 11.2 Å². The van der Waals surface area contributed by atoms with Gasteiger partial charge in [0, 0.05) is 18.4 Å². The fourth-order valence-electron chi connectivity index (χ4n) is 2.38. The molecule has 15 heavy (non-hydrogen) atoms. The standard InChI is InChI=1S/C12H15N3/c1-15-12-9(6-3-7-10(12)13)11(14-15)8-4-2-5-8/h3,6-8H,2,4-5,13H2,1H3. The fraction of sp³-hybridized carbons (Fsp3) is 0.417. The van der Waals surface area contributed by atoms with Crippen molar-refractivity contribution in [2.24, 2.45) is 7.05 Å². The molecule has 3 nitrogen and oxygen atoms in total. The van der Waals surface area contributed by atoms with E-state index >= 15 is 0 Å². The van der Waals surface area contributed by atoms with E-state index in [1.54, 1.807) is 0 Å². The van der Waals surface area contributed by atoms with Gasteiger partial charge in [-0.15, -0.1) is 0 Å². The molecule has 0 spiro atoms. The Morgan fingerprint density at radius 1 is 1.40 bits per heavy atom. The predicted octanol–water partition coefficient (Wildman–Crippen LogP) is 2.42. The lowest BCUT2D eigenvalue weighted by atomic mass is 9.82. The first kappa shape index (κ1) is 8.77. The molecule has 1 aliphatic rings. The zero-order chi connectivity index (χ0) is 10.4. The number of nitrogen functional groups attached to an aromatic ring is 1. The van der Waals surface area contributed by atoms with E-state index in [9.17, 15) is 0 Å². The van der Waals surface area contributed by atoms with E-state index in [1.807, 2.05) is 23.9 Å². The minimum absolute atomic E-state index is 0.662. The highest BCUT2D eigenvalue weighted by Gasteiger charge is 2.25. The summed E-state index contributed by atoms with van der Waals surface area (Å²) in [4.78, 5) is 0. The molecule has 3 rings (SSSR count). The van der Waals surface area contributed by atoms with Gasteiger partial charge in [-0.2, -0.15) is 5.10 Å². The molecule has 0 atom stereocenters. The topological polar surface area (TPSA) is 43.8 Å². The molecule has 1 saturated carbocycles. The van der Waals surface area contributed by atoms with E-state index < -0.39 is 0 Å². The molecule has 0 bridgehead atoms. The first-order valence-corrected chi connectivity index (χ1v) is 5.48. The minimum Gasteiger partial charge on any atom is -0.397 e. The van der Waals surface area contributed by atoms with Crippen LogP contribution in [-0.2, 0) is 7.05 Å². The number of rotatable bonds is 1. The number of aryl methyl sites for hydroxylation is 1. The molecule has 2 aromatic rings. The Labute approximate surface area is 88.9 Å². The lowest BCUT2D eigenvalue weighted by molar-refractivity contribution is 0.410. The van der Waals surface area contributed by atoms with Crippen LogP contribution in [0.2, 0.25) is 0 Å². The maximum Gasteiger partial charge on any atom is 0.0911 e. The maximum absolute atomic E-state index is 5.97. The zero-order valence-electron chi connectivity index (χ0n) is 8.90. The Hall–Kier alpha value is -1.51. The third kappa shape index (κ3) is 1.16. The van der Waals surface area contributed by atoms with Crippen molar-refractivity contribution in [1.82, 2.24) is 9.78 Å². The van der Waals surface area contributed by atoms with Gasteiger partial charge in [0.1, 0.15) is 0 Å². The van der Waals surface area contributed by atoms with Crippen molar-refractivity contribution in [2.45, 2.75) is 25.2 Å². The van der Waals surface area contributed by atoms with Crippen LogP contribution in [0.3, 0.4) is 0 Å². The Balaban J connectivity index is 2.27. The summed E-state index contributed by atoms with van der Waals surface area (Å²) in [5.41, 5.74) is 9.12. The fourth-order valence-corrected chi connectivity index (χ4v) is 2.38. The van der Waals surface area contributed by atoms with Crippen LogP contribution in [0.25, 0.3) is 10.9 Å². The SMILES string of the molecule is Cn1nc(C2CCC2)c2cccc(N)c21. The highest BCUT2D eigenvalue weighted by molar-refractivity contribution is 5.92. The third-order valence-corrected chi connectivity index (χ3v) is 3.42. The normalized spacial score (nSPS) is 16.9. The molecule has 0 saturated heterocycles. The van der Waals surface area contributed by atoms with Crippen LogP contribution in [0.15, 0.2) is 18.2 Å². The molecule has 0 unspecified atom stereocenters. The molecule has 0 radical (unpaired) electrons. The summed E-state index contributed by atoms with van der Waals surface area (Å²) in [5, 5.41) is 5.85. The monoisotopic (exact) mass is 201 g/mol. The van der Waals surface area contributed by atoms with E-state index in [-0.39, 0.29) is 0 Å². The largest absolute Gasteiger partial charge is 0.397 e. The van der Waals surface area contributed by atoms with Crippen LogP contribution in [0, 0.1) is 0 Å². The Morgan fingerprint density at radius 2 is 2.20 bits per heavy atom. The first-order chi connectivity index (χ1) is 7.27. The van der Waals surface area contributed by atoms with Gasteiger partial charge in [0.05, 0.1) is 16.9 Å². The third-order valence-electron chi connectivity index (χ3n) is 3.42. The second kappa shape index (κ2) is 2.99. The van der Waals surface area contributed by atoms with Crippen molar-refractivity contribution in [3.8, 4) is 0 Å². The number of hydrogen-bond donors (Lipinski definition) is 1. The maximum atomic E-state index is 5.97. The Kier molecular flexibility index (Phi) is 1.75. The van der Waals surface area contributed by atoms with Crippen LogP contribution in [-0.4, -0.2) is 9.78 Å². The Morgan fingerprint density at radius 3 is 2.87 bits per heavy atom. The molecule has 0 aliphatic heterocycles. The van der Waals surface area contributed by atoms with Gasteiger partial charge in [-0.25, -0.2) is 0 Å². The van der Waals surface area contributed by atoms with Gasteiger partial charge in [-0.05, 0) is 18.9 Å². The zero-order valence-corrected chi connectivity index (χ0v) is 8.90. The highest BCUT2D eigenvalue weighted by Crippen LogP contribution is 2.39. The average molecular weight is 201 g/mol. The summed E-state index contributed by atoms with van der Waals surface area (Å²) in [6.07, 6.45) is 3.90. The molecule has 1 aliphatic carbocycles. The van der Waals surface area contributed by atoms with Crippen LogP contribution >= 0.6 is 0 Å². The van der Waals surface area contributed by atoms with Crippen molar-refractivity contribution < 1.29 is 0 Å². The highest BCUT2D eigenvalue weighted by atomic mass is 15.3. The van der Waals surface area contributed by atoms with E-state index in [0.717, 1.165) is 11.2 Å². The average Bonchev–Trinajstić information content (AvgIpc) is 2.43. The van der Waals surface area contributed by atoms with Gasteiger partial charge < -0.3 is 5.73 Å². The van der Waals surface area contributed by atoms with Gasteiger partial charge in [0.15, 0.2) is 0 Å². The summed E-state index contributed by atoms with van der Waals surface area (Å²) in [6.45, 7) is 0. The lowest BCUT2D eigenvalue weighted by Crippen LogP contribution is -2.09. The van der Waals surface area contributed by atoms with E-state index in [4.69, 9.17) is 5.73 Å². The van der Waals surface area contributed by atoms with Gasteiger partial charge in [-0.3, -0.25) is 4.68 Å². The quantitative estimate of drug-likeness (QED) is 0.720. The van der Waals surface area contributed by atoms with E-state index in [0.29, 0.717) is 5.92 Å². The van der Waals surface area contributed by atoms with Crippen LogP contribution in [0.4, 0.5) is 5.69 Å². The number of para-hydroxylation sites is 1. The van der Waals surface area contributed by atoms with Crippen molar-refractivity contribution in [2.75, 3.05) is 5.73 Å². The molecule has 78 valence electrons. The van der Waals surface area contributed by atoms with Crippen molar-refractivity contribution >= 4 is 16.6 Å². The van der Waals surface area contributed by atoms with Gasteiger partial charge in [0.2, 0.25) is 0 Å². The number of nitrogens with zero attached hydrogens (tertiary/aromatic N) is 2. The molecule has 1 fully saturated rings. The molecule has 0 amide bonds. The number of benzene rings is 1. The summed E-state index contributed by atoms with van der Waals surface area (Å²) < 4.78 is 1.92. The summed E-state index contributed by atoms with van der Waals surface area (Å²) >= 11 is 0. The van der Waals surface area contributed by atoms with Gasteiger partial charge in [0.25, 0.3) is 0 Å². The van der Waals surface area contributed by atoms with Crippen LogP contribution in [0.1, 0.15) is 30.9 Å². The van der Waals surface area contributed by atoms with Crippen LogP contribution < -0.4 is 5.73 Å². The van der Waals surface area contributed by atoms with Crippen molar-refractivity contribution in [3.63, 3.8) is 0 Å². The number of aromatic nitrogens is 2. The predicted molar refractivity (Wildman–Crippen MR) is 61.7 cm³/mol. The van der Waals surface area contributed by atoms with Crippen molar-refractivity contribution in [1.29, 1.82) is 0 Å². The number of nitrogens with two attached hydrogens (primary N) is 1. The molecule has 1 heterocycles. The summed E-state index contributed by atoms with van der Waals surface area (Å²) in [7, 11) is 1.97. The van der Waals surface area contributed by atoms with Crippen molar-refractivity contribution in [3.05, 3.63) is 23.9 Å². The summed E-state index contributed by atoms with van der Waals surface area (Å²) in [6, 6.07) is 6.09. The number of fused-ring (bicyclic) bond motifs is 1. The molecular formula is C12H15N3. The lowest BCUT2D eigenvalue weighted by Gasteiger charge is -2.23. The van der Waals surface area contributed by atoms with Crippen LogP contribution in [0.5, 0.6) is 0 Å². The smallest absolute Gasteiger partial charge is 0.0911 e. The number of anilines is 1. The minimum atomic E-state index is 0.662. The molecule has 3 heteroatoms. The van der Waals surface area contributed by atoms with Gasteiger partial charge in [-0.1, -0.05) is 18.6 Å². The molecule has 1 aromatic heterocycles. The van der Waals surface area contributed by atoms with E-state index in [1.165, 1.54) is 30.3 Å². The molecular weight excluding hydrogens is 186 g/mol. The second-order valence-corrected chi connectivity index (χ2v) is 4.38. The van der Waals surface area contributed by atoms with Gasteiger partial charge >= 0.3 is 0 Å². The molecule has 1 aromatic carbocycles.